The Balaban J connectivity index is 1.97. The van der Waals surface area contributed by atoms with Crippen LogP contribution in [0.5, 0.6) is 0 Å². The smallest absolute Gasteiger partial charge is 0.0483 e. The molecule has 3 rings (SSSR count). The van der Waals surface area contributed by atoms with Crippen molar-refractivity contribution in [1.82, 2.24) is 9.88 Å². The fraction of sp³-hybridized carbons (Fsp3) is 0.429. The van der Waals surface area contributed by atoms with E-state index in [1.807, 2.05) is 7.05 Å². The van der Waals surface area contributed by atoms with E-state index in [0.29, 0.717) is 0 Å². The van der Waals surface area contributed by atoms with Gasteiger partial charge in [-0.05, 0) is 48.9 Å². The molecule has 1 fully saturated rings. The molecule has 2 nitrogen and oxygen atoms in total. The van der Waals surface area contributed by atoms with Crippen LogP contribution in [0.3, 0.4) is 0 Å². The number of nitrogens with zero attached hydrogens (tertiary/aromatic N) is 1. The van der Waals surface area contributed by atoms with Gasteiger partial charge >= 0.3 is 0 Å². The lowest BCUT2D eigenvalue weighted by Gasteiger charge is -2.06. The second-order valence-corrected chi connectivity index (χ2v) is 4.83. The van der Waals surface area contributed by atoms with Crippen molar-refractivity contribution in [2.45, 2.75) is 25.9 Å². The first kappa shape index (κ1) is 9.91. The molecule has 1 aliphatic carbocycles. The number of aromatic nitrogens is 1. The van der Waals surface area contributed by atoms with Crippen LogP contribution in [0.2, 0.25) is 0 Å². The summed E-state index contributed by atoms with van der Waals surface area (Å²) < 4.78 is 2.41. The van der Waals surface area contributed by atoms with E-state index in [2.05, 4.69) is 40.3 Å². The van der Waals surface area contributed by atoms with E-state index in [-0.39, 0.29) is 0 Å². The molecule has 2 heteroatoms. The summed E-state index contributed by atoms with van der Waals surface area (Å²) in [5.74, 6) is 0.934. The van der Waals surface area contributed by atoms with Crippen LogP contribution in [-0.2, 0) is 13.1 Å². The molecule has 0 atom stereocenters. The van der Waals surface area contributed by atoms with Crippen molar-refractivity contribution in [3.8, 4) is 0 Å². The molecule has 0 radical (unpaired) electrons. The second-order valence-electron chi connectivity index (χ2n) is 4.83. The second kappa shape index (κ2) is 3.95. The summed E-state index contributed by atoms with van der Waals surface area (Å²) in [5, 5.41) is 4.57. The van der Waals surface area contributed by atoms with E-state index in [1.165, 1.54) is 35.9 Å². The van der Waals surface area contributed by atoms with Crippen molar-refractivity contribution in [2.75, 3.05) is 7.05 Å². The molecule has 16 heavy (non-hydrogen) atoms. The number of benzene rings is 1. The van der Waals surface area contributed by atoms with Gasteiger partial charge in [-0.3, -0.25) is 0 Å². The van der Waals surface area contributed by atoms with E-state index in [0.717, 1.165) is 12.5 Å². The summed E-state index contributed by atoms with van der Waals surface area (Å²) in [5.41, 5.74) is 2.75. The fourth-order valence-electron chi connectivity index (χ4n) is 2.28. The normalized spacial score (nSPS) is 15.8. The predicted octanol–water partition coefficient (Wildman–Crippen LogP) is 2.77. The largest absolute Gasteiger partial charge is 0.347 e. The highest BCUT2D eigenvalue weighted by atomic mass is 15.0. The molecule has 0 amide bonds. The van der Waals surface area contributed by atoms with Crippen LogP contribution in [0.1, 0.15) is 18.4 Å². The van der Waals surface area contributed by atoms with Crippen LogP contribution in [0.4, 0.5) is 0 Å². The van der Waals surface area contributed by atoms with E-state index in [9.17, 15) is 0 Å². The minimum atomic E-state index is 0.934. The Kier molecular flexibility index (Phi) is 2.44. The Morgan fingerprint density at radius 3 is 2.94 bits per heavy atom. The highest BCUT2D eigenvalue weighted by Gasteiger charge is 2.21. The molecule has 0 saturated heterocycles. The maximum absolute atomic E-state index is 3.20. The number of hydrogen-bond donors (Lipinski definition) is 1. The Hall–Kier alpha value is -1.28. The molecule has 0 spiro atoms. The van der Waals surface area contributed by atoms with Crippen molar-refractivity contribution in [1.29, 1.82) is 0 Å². The minimum Gasteiger partial charge on any atom is -0.347 e. The molecular formula is C14H18N2. The first-order valence-corrected chi connectivity index (χ1v) is 6.09. The highest BCUT2D eigenvalue weighted by molar-refractivity contribution is 5.80. The molecule has 1 saturated carbocycles. The van der Waals surface area contributed by atoms with Crippen molar-refractivity contribution in [2.24, 2.45) is 5.92 Å². The van der Waals surface area contributed by atoms with Crippen molar-refractivity contribution in [3.63, 3.8) is 0 Å². The third-order valence-electron chi connectivity index (χ3n) is 3.37. The van der Waals surface area contributed by atoms with Crippen LogP contribution in [0.25, 0.3) is 10.9 Å². The van der Waals surface area contributed by atoms with E-state index in [4.69, 9.17) is 0 Å². The molecule has 1 aromatic heterocycles. The monoisotopic (exact) mass is 214 g/mol. The standard InChI is InChI=1S/C14H18N2/c1-15-9-12-4-5-13-6-7-16(14(13)8-12)10-11-2-3-11/h4-8,11,15H,2-3,9-10H2,1H3. The summed E-state index contributed by atoms with van der Waals surface area (Å²) in [6, 6.07) is 8.97. The van der Waals surface area contributed by atoms with Crippen LogP contribution in [-0.4, -0.2) is 11.6 Å². The van der Waals surface area contributed by atoms with Gasteiger partial charge in [0.2, 0.25) is 0 Å². The predicted molar refractivity (Wildman–Crippen MR) is 67.4 cm³/mol. The highest BCUT2D eigenvalue weighted by Crippen LogP contribution is 2.32. The first-order valence-electron chi connectivity index (χ1n) is 6.09. The maximum Gasteiger partial charge on any atom is 0.0483 e. The summed E-state index contributed by atoms with van der Waals surface area (Å²) in [6.45, 7) is 2.15. The number of nitrogens with one attached hydrogen (secondary N) is 1. The quantitative estimate of drug-likeness (QED) is 0.828. The van der Waals surface area contributed by atoms with Gasteiger partial charge in [-0.15, -0.1) is 0 Å². The van der Waals surface area contributed by atoms with Gasteiger partial charge < -0.3 is 9.88 Å². The summed E-state index contributed by atoms with van der Waals surface area (Å²) >= 11 is 0. The van der Waals surface area contributed by atoms with Crippen LogP contribution in [0, 0.1) is 5.92 Å². The molecule has 0 unspecified atom stereocenters. The Labute approximate surface area is 96.3 Å². The lowest BCUT2D eigenvalue weighted by molar-refractivity contribution is 0.647. The van der Waals surface area contributed by atoms with Gasteiger partial charge in [-0.1, -0.05) is 12.1 Å². The van der Waals surface area contributed by atoms with Gasteiger partial charge in [0, 0.05) is 24.8 Å². The minimum absolute atomic E-state index is 0.934. The van der Waals surface area contributed by atoms with Crippen molar-refractivity contribution in [3.05, 3.63) is 36.0 Å². The summed E-state index contributed by atoms with van der Waals surface area (Å²) in [7, 11) is 1.99. The number of fused-ring (bicyclic) bond motifs is 1. The number of rotatable bonds is 4. The maximum atomic E-state index is 3.20. The molecule has 1 aromatic carbocycles. The molecule has 0 bridgehead atoms. The molecule has 0 aliphatic heterocycles. The zero-order valence-corrected chi connectivity index (χ0v) is 9.74. The third-order valence-corrected chi connectivity index (χ3v) is 3.37. The molecule has 1 N–H and O–H groups in total. The van der Waals surface area contributed by atoms with Gasteiger partial charge in [-0.25, -0.2) is 0 Å². The third kappa shape index (κ3) is 1.85. The molecular weight excluding hydrogens is 196 g/mol. The zero-order valence-electron chi connectivity index (χ0n) is 9.74. The number of hydrogen-bond acceptors (Lipinski definition) is 1. The molecule has 2 aromatic rings. The van der Waals surface area contributed by atoms with Gasteiger partial charge in [-0.2, -0.15) is 0 Å². The van der Waals surface area contributed by atoms with Gasteiger partial charge in [0.25, 0.3) is 0 Å². The van der Waals surface area contributed by atoms with Gasteiger partial charge in [0.05, 0.1) is 0 Å². The Morgan fingerprint density at radius 1 is 1.31 bits per heavy atom. The molecule has 84 valence electrons. The lowest BCUT2D eigenvalue weighted by atomic mass is 10.1. The molecule has 1 aliphatic rings. The average molecular weight is 214 g/mol. The van der Waals surface area contributed by atoms with E-state index < -0.39 is 0 Å². The average Bonchev–Trinajstić information content (AvgIpc) is 3.01. The Morgan fingerprint density at radius 2 is 2.19 bits per heavy atom. The van der Waals surface area contributed by atoms with Gasteiger partial charge in [0.15, 0.2) is 0 Å². The SMILES string of the molecule is CNCc1ccc2ccn(CC3CC3)c2c1. The molecule has 1 heterocycles. The summed E-state index contributed by atoms with van der Waals surface area (Å²) in [4.78, 5) is 0. The van der Waals surface area contributed by atoms with E-state index in [1.54, 1.807) is 0 Å². The van der Waals surface area contributed by atoms with Crippen LogP contribution >= 0.6 is 0 Å². The fourth-order valence-corrected chi connectivity index (χ4v) is 2.28. The zero-order chi connectivity index (χ0) is 11.0. The van der Waals surface area contributed by atoms with E-state index >= 15 is 0 Å². The van der Waals surface area contributed by atoms with Crippen molar-refractivity contribution >= 4 is 10.9 Å². The van der Waals surface area contributed by atoms with Crippen LogP contribution in [0.15, 0.2) is 30.5 Å². The van der Waals surface area contributed by atoms with Crippen molar-refractivity contribution < 1.29 is 0 Å². The topological polar surface area (TPSA) is 17.0 Å². The Bertz CT molecular complexity index is 494. The first-order chi connectivity index (χ1) is 7.86. The lowest BCUT2D eigenvalue weighted by Crippen LogP contribution is -2.05. The van der Waals surface area contributed by atoms with Crippen LogP contribution < -0.4 is 5.32 Å². The van der Waals surface area contributed by atoms with Gasteiger partial charge in [0.1, 0.15) is 0 Å². The summed E-state index contributed by atoms with van der Waals surface area (Å²) in [6.07, 6.45) is 5.05.